The number of nitrogen functional groups attached to an aromatic ring is 1. The third-order valence-corrected chi connectivity index (χ3v) is 8.11. The van der Waals surface area contributed by atoms with Gasteiger partial charge in [-0.2, -0.15) is 0 Å². The van der Waals surface area contributed by atoms with Crippen LogP contribution in [-0.2, 0) is 16.0 Å². The van der Waals surface area contributed by atoms with Gasteiger partial charge in [-0.1, -0.05) is 41.0 Å². The Balaban J connectivity index is 1.36. The summed E-state index contributed by atoms with van der Waals surface area (Å²) in [7, 11) is 0. The van der Waals surface area contributed by atoms with Crippen LogP contribution >= 0.6 is 0 Å². The van der Waals surface area contributed by atoms with Crippen LogP contribution in [0.15, 0.2) is 18.2 Å². The van der Waals surface area contributed by atoms with Crippen LogP contribution < -0.4 is 10.6 Å². The molecule has 1 fully saturated rings. The molecule has 1 atom stereocenters. The number of aromatic nitrogens is 3. The van der Waals surface area contributed by atoms with Crippen molar-refractivity contribution in [3.05, 3.63) is 24.0 Å². The minimum Gasteiger partial charge on any atom is -0.382 e. The van der Waals surface area contributed by atoms with Crippen LogP contribution in [-0.4, -0.2) is 71.6 Å². The van der Waals surface area contributed by atoms with E-state index < -0.39 is 0 Å². The molecule has 1 aliphatic rings. The molecule has 8 nitrogen and oxygen atoms in total. The van der Waals surface area contributed by atoms with E-state index in [0.717, 1.165) is 86.2 Å². The Morgan fingerprint density at radius 2 is 1.85 bits per heavy atom. The highest BCUT2D eigenvalue weighted by atomic mass is 16.5. The van der Waals surface area contributed by atoms with Crippen LogP contribution in [0.5, 0.6) is 0 Å². The highest BCUT2D eigenvalue weighted by Gasteiger charge is 2.29. The van der Waals surface area contributed by atoms with Gasteiger partial charge in [0.15, 0.2) is 0 Å². The van der Waals surface area contributed by atoms with Crippen molar-refractivity contribution in [2.75, 3.05) is 56.6 Å². The molecule has 0 aliphatic carbocycles. The summed E-state index contributed by atoms with van der Waals surface area (Å²) in [5.41, 5.74) is 10.1. The number of fused-ring (bicyclic) bond motifs is 3. The molecule has 0 spiro atoms. The lowest BCUT2D eigenvalue weighted by Crippen LogP contribution is -2.49. The molecule has 0 radical (unpaired) electrons. The van der Waals surface area contributed by atoms with E-state index in [1.165, 1.54) is 5.69 Å². The first-order chi connectivity index (χ1) is 18.5. The molecule has 1 saturated heterocycles. The quantitative estimate of drug-likeness (QED) is 0.293. The lowest BCUT2D eigenvalue weighted by molar-refractivity contribution is -0.120. The Bertz CT molecular complexity index is 1280. The highest BCUT2D eigenvalue weighted by Crippen LogP contribution is 2.31. The lowest BCUT2D eigenvalue weighted by atomic mass is 9.83. The van der Waals surface area contributed by atoms with E-state index >= 15 is 0 Å². The summed E-state index contributed by atoms with van der Waals surface area (Å²) in [6, 6.07) is 6.46. The average Bonchev–Trinajstić information content (AvgIpc) is 3.32. The number of nitrogens with one attached hydrogen (secondary N) is 1. The first-order valence-electron chi connectivity index (χ1n) is 14.6. The van der Waals surface area contributed by atoms with E-state index in [1.807, 2.05) is 0 Å². The van der Waals surface area contributed by atoms with Crippen molar-refractivity contribution in [1.29, 1.82) is 0 Å². The predicted octanol–water partition coefficient (Wildman–Crippen LogP) is 5.60. The molecule has 0 saturated carbocycles. The van der Waals surface area contributed by atoms with Gasteiger partial charge in [-0.05, 0) is 43.4 Å². The molecule has 2 aromatic heterocycles. The van der Waals surface area contributed by atoms with E-state index in [1.54, 1.807) is 6.92 Å². The summed E-state index contributed by atoms with van der Waals surface area (Å²) in [5, 5.41) is 1.06. The number of aromatic amines is 1. The van der Waals surface area contributed by atoms with Crippen molar-refractivity contribution in [1.82, 2.24) is 19.9 Å². The molecule has 1 unspecified atom stereocenters. The average molecular weight is 537 g/mol. The van der Waals surface area contributed by atoms with Gasteiger partial charge >= 0.3 is 0 Å². The number of benzene rings is 1. The van der Waals surface area contributed by atoms with Crippen molar-refractivity contribution < 1.29 is 9.53 Å². The van der Waals surface area contributed by atoms with Crippen molar-refractivity contribution >= 4 is 39.2 Å². The molecule has 3 heterocycles. The molecule has 1 aromatic carbocycles. The van der Waals surface area contributed by atoms with Gasteiger partial charge in [0.1, 0.15) is 28.5 Å². The number of anilines is 2. The maximum absolute atomic E-state index is 11.7. The number of ether oxygens (including phenoxy) is 1. The second kappa shape index (κ2) is 12.2. The van der Waals surface area contributed by atoms with Crippen LogP contribution in [0.25, 0.3) is 21.9 Å². The molecule has 4 rings (SSSR count). The largest absolute Gasteiger partial charge is 0.382 e. The van der Waals surface area contributed by atoms with Gasteiger partial charge in [0.25, 0.3) is 0 Å². The number of pyridine rings is 1. The number of nitrogens with zero attached hydrogens (tertiary/aromatic N) is 4. The van der Waals surface area contributed by atoms with E-state index in [-0.39, 0.29) is 16.6 Å². The molecule has 3 N–H and O–H groups in total. The summed E-state index contributed by atoms with van der Waals surface area (Å²) in [6.07, 6.45) is 4.67. The Morgan fingerprint density at radius 3 is 2.51 bits per heavy atom. The zero-order valence-electron chi connectivity index (χ0n) is 24.9. The zero-order valence-corrected chi connectivity index (χ0v) is 24.9. The first kappa shape index (κ1) is 29.3. The summed E-state index contributed by atoms with van der Waals surface area (Å²) in [5.74, 6) is 1.73. The lowest BCUT2D eigenvalue weighted by Gasteiger charge is -2.40. The summed E-state index contributed by atoms with van der Waals surface area (Å²) in [4.78, 5) is 29.6. The zero-order chi connectivity index (χ0) is 28.2. The monoisotopic (exact) mass is 536 g/mol. The number of hydrogen-bond donors (Lipinski definition) is 2. The van der Waals surface area contributed by atoms with Gasteiger partial charge in [0, 0.05) is 62.1 Å². The highest BCUT2D eigenvalue weighted by molar-refractivity contribution is 6.07. The van der Waals surface area contributed by atoms with Crippen LogP contribution in [0.1, 0.15) is 73.1 Å². The third-order valence-electron chi connectivity index (χ3n) is 8.11. The van der Waals surface area contributed by atoms with Crippen molar-refractivity contribution in [2.45, 2.75) is 73.6 Å². The van der Waals surface area contributed by atoms with Crippen molar-refractivity contribution in [2.24, 2.45) is 10.8 Å². The number of rotatable bonds is 13. The Hall–Kier alpha value is -2.71. The second-order valence-corrected chi connectivity index (χ2v) is 12.7. The molecule has 3 aromatic rings. The van der Waals surface area contributed by atoms with Crippen LogP contribution in [0.4, 0.5) is 11.5 Å². The molecule has 8 heteroatoms. The van der Waals surface area contributed by atoms with Gasteiger partial charge in [-0.25, -0.2) is 9.97 Å². The number of H-pyrrole nitrogens is 1. The minimum atomic E-state index is -0.0762. The van der Waals surface area contributed by atoms with Crippen LogP contribution in [0, 0.1) is 10.8 Å². The molecule has 0 amide bonds. The maximum Gasteiger partial charge on any atom is 0.150 e. The number of carbonyl (C=O) groups is 1. The van der Waals surface area contributed by atoms with Gasteiger partial charge < -0.3 is 25.1 Å². The number of piperazine rings is 1. The SMILES string of the molecule is CCCCc1nc2c([nH]1)c(N)nc1ccc(N3CCN(CC(C)(C)COCC(C)(CC)CC(C)=O)CC3)cc12. The number of nitrogens with two attached hydrogens (primary N) is 1. The fourth-order valence-electron chi connectivity index (χ4n) is 5.73. The van der Waals surface area contributed by atoms with E-state index in [0.29, 0.717) is 25.5 Å². The standard InChI is InChI=1S/C31H48N6O2/c1-7-9-10-26-34-27-24-17-23(11-12-25(24)33-29(32)28(27)35-26)37-15-13-36(14-16-37)19-30(4,5)20-39-21-31(6,8-2)18-22(3)38/h11-12,17H,7-10,13-16,18-21H2,1-6H3,(H2,32,33)(H,34,35). The molecular formula is C31H48N6O2. The Labute approximate surface area is 233 Å². The molecular weight excluding hydrogens is 488 g/mol. The van der Waals surface area contributed by atoms with Crippen LogP contribution in [0.2, 0.25) is 0 Å². The number of unbranched alkanes of at least 4 members (excludes halogenated alkanes) is 1. The molecule has 39 heavy (non-hydrogen) atoms. The summed E-state index contributed by atoms with van der Waals surface area (Å²) >= 11 is 0. The third kappa shape index (κ3) is 7.28. The van der Waals surface area contributed by atoms with E-state index in [2.05, 4.69) is 72.6 Å². The maximum atomic E-state index is 11.7. The Kier molecular flexibility index (Phi) is 9.17. The van der Waals surface area contributed by atoms with Crippen molar-refractivity contribution in [3.63, 3.8) is 0 Å². The minimum absolute atomic E-state index is 0.0443. The van der Waals surface area contributed by atoms with Crippen LogP contribution in [0.3, 0.4) is 0 Å². The van der Waals surface area contributed by atoms with Gasteiger partial charge in [0.05, 0.1) is 18.7 Å². The Morgan fingerprint density at radius 1 is 1.10 bits per heavy atom. The second-order valence-electron chi connectivity index (χ2n) is 12.7. The predicted molar refractivity (Wildman–Crippen MR) is 161 cm³/mol. The number of imidazole rings is 1. The number of Topliss-reactive ketones (excluding diaryl/α,β-unsaturated/α-hetero) is 1. The fraction of sp³-hybridized carbons (Fsp3) is 0.645. The summed E-state index contributed by atoms with van der Waals surface area (Å²) in [6.45, 7) is 19.0. The topological polar surface area (TPSA) is 100 Å². The molecule has 0 bridgehead atoms. The van der Waals surface area contributed by atoms with E-state index in [4.69, 9.17) is 15.5 Å². The number of hydrogen-bond acceptors (Lipinski definition) is 7. The summed E-state index contributed by atoms with van der Waals surface area (Å²) < 4.78 is 6.18. The number of ketones is 1. The van der Waals surface area contributed by atoms with E-state index in [9.17, 15) is 4.79 Å². The van der Waals surface area contributed by atoms with Gasteiger partial charge in [-0.15, -0.1) is 0 Å². The number of carbonyl (C=O) groups excluding carboxylic acids is 1. The number of aryl methyl sites for hydroxylation is 1. The fourth-order valence-corrected chi connectivity index (χ4v) is 5.73. The molecule has 1 aliphatic heterocycles. The normalized spacial score (nSPS) is 16.7. The van der Waals surface area contributed by atoms with Crippen molar-refractivity contribution in [3.8, 4) is 0 Å². The van der Waals surface area contributed by atoms with Gasteiger partial charge in [-0.3, -0.25) is 4.90 Å². The van der Waals surface area contributed by atoms with Gasteiger partial charge in [0.2, 0.25) is 0 Å². The first-order valence-corrected chi connectivity index (χ1v) is 14.6. The smallest absolute Gasteiger partial charge is 0.150 e. The molecule has 214 valence electrons.